The molecule has 0 bridgehead atoms. The van der Waals surface area contributed by atoms with Gasteiger partial charge < -0.3 is 4.52 Å². The number of halogens is 1. The SMILES string of the molecule is O=S(=O)(Nc1ccc(-c2noc(-c3cncc(Br)c3)n2)cc1)c1ccccc1. The van der Waals surface area contributed by atoms with Crippen molar-refractivity contribution in [3.8, 4) is 22.8 Å². The molecule has 7 nitrogen and oxygen atoms in total. The van der Waals surface area contributed by atoms with Crippen LogP contribution in [-0.2, 0) is 10.0 Å². The second-order valence-electron chi connectivity index (χ2n) is 5.81. The van der Waals surface area contributed by atoms with Gasteiger partial charge in [0.25, 0.3) is 15.9 Å². The number of nitrogens with zero attached hydrogens (tertiary/aromatic N) is 3. The molecule has 0 unspecified atom stereocenters. The Morgan fingerprint density at radius 1 is 0.929 bits per heavy atom. The van der Waals surface area contributed by atoms with E-state index in [9.17, 15) is 8.42 Å². The number of anilines is 1. The molecule has 140 valence electrons. The summed E-state index contributed by atoms with van der Waals surface area (Å²) >= 11 is 3.35. The topological polar surface area (TPSA) is 98.0 Å². The highest BCUT2D eigenvalue weighted by Crippen LogP contribution is 2.25. The van der Waals surface area contributed by atoms with Crippen LogP contribution in [0.25, 0.3) is 22.8 Å². The monoisotopic (exact) mass is 456 g/mol. The molecule has 0 saturated carbocycles. The standard InChI is InChI=1S/C19H13BrN4O3S/c20-15-10-14(11-21-12-15)19-22-18(23-27-19)13-6-8-16(9-7-13)24-28(25,26)17-4-2-1-3-5-17/h1-12,24H. The maximum absolute atomic E-state index is 12.4. The largest absolute Gasteiger partial charge is 0.334 e. The average Bonchev–Trinajstić information content (AvgIpc) is 3.19. The minimum atomic E-state index is -3.64. The molecule has 0 aliphatic carbocycles. The highest BCUT2D eigenvalue weighted by molar-refractivity contribution is 9.10. The summed E-state index contributed by atoms with van der Waals surface area (Å²) < 4.78 is 33.4. The highest BCUT2D eigenvalue weighted by atomic mass is 79.9. The normalized spacial score (nSPS) is 11.3. The predicted octanol–water partition coefficient (Wildman–Crippen LogP) is 4.36. The van der Waals surface area contributed by atoms with Gasteiger partial charge in [0, 0.05) is 28.1 Å². The van der Waals surface area contributed by atoms with Crippen molar-refractivity contribution in [3.63, 3.8) is 0 Å². The summed E-state index contributed by atoms with van der Waals surface area (Å²) in [7, 11) is -3.64. The van der Waals surface area contributed by atoms with Gasteiger partial charge >= 0.3 is 0 Å². The molecule has 1 N–H and O–H groups in total. The van der Waals surface area contributed by atoms with Crippen molar-refractivity contribution < 1.29 is 12.9 Å². The molecule has 0 spiro atoms. The molecule has 0 atom stereocenters. The Kier molecular flexibility index (Phi) is 4.93. The Morgan fingerprint density at radius 3 is 2.39 bits per heavy atom. The van der Waals surface area contributed by atoms with Crippen molar-refractivity contribution >= 4 is 31.6 Å². The maximum atomic E-state index is 12.4. The van der Waals surface area contributed by atoms with E-state index in [0.29, 0.717) is 28.5 Å². The highest BCUT2D eigenvalue weighted by Gasteiger charge is 2.15. The lowest BCUT2D eigenvalue weighted by molar-refractivity contribution is 0.432. The Hall–Kier alpha value is -3.04. The third kappa shape index (κ3) is 3.95. The Bertz CT molecular complexity index is 1210. The molecule has 2 heterocycles. The Morgan fingerprint density at radius 2 is 1.68 bits per heavy atom. The molecule has 0 amide bonds. The van der Waals surface area contributed by atoms with E-state index in [0.717, 1.165) is 4.47 Å². The third-order valence-electron chi connectivity index (χ3n) is 3.83. The number of hydrogen-bond donors (Lipinski definition) is 1. The first-order valence-corrected chi connectivity index (χ1v) is 10.4. The summed E-state index contributed by atoms with van der Waals surface area (Å²) in [5, 5.41) is 3.98. The van der Waals surface area contributed by atoms with Crippen molar-refractivity contribution in [2.75, 3.05) is 4.72 Å². The lowest BCUT2D eigenvalue weighted by Gasteiger charge is -2.08. The van der Waals surface area contributed by atoms with Crippen LogP contribution in [0.4, 0.5) is 5.69 Å². The summed E-state index contributed by atoms with van der Waals surface area (Å²) in [6.45, 7) is 0. The van der Waals surface area contributed by atoms with E-state index in [1.807, 2.05) is 6.07 Å². The molecule has 4 rings (SSSR count). The molecule has 0 fully saturated rings. The fourth-order valence-electron chi connectivity index (χ4n) is 2.49. The van der Waals surface area contributed by atoms with Crippen molar-refractivity contribution in [1.29, 1.82) is 0 Å². The molecule has 0 aliphatic rings. The zero-order valence-electron chi connectivity index (χ0n) is 14.3. The molecular formula is C19H13BrN4O3S. The van der Waals surface area contributed by atoms with Gasteiger partial charge in [0.1, 0.15) is 0 Å². The van der Waals surface area contributed by atoms with Gasteiger partial charge in [0.2, 0.25) is 5.82 Å². The molecule has 4 aromatic rings. The number of benzene rings is 2. The van der Waals surface area contributed by atoms with Crippen LogP contribution in [0, 0.1) is 0 Å². The molecule has 0 aliphatic heterocycles. The van der Waals surface area contributed by atoms with Crippen LogP contribution in [0.3, 0.4) is 0 Å². The van der Waals surface area contributed by atoms with Crippen LogP contribution in [0.2, 0.25) is 0 Å². The first-order chi connectivity index (χ1) is 13.5. The van der Waals surface area contributed by atoms with E-state index in [1.54, 1.807) is 54.9 Å². The minimum absolute atomic E-state index is 0.199. The number of rotatable bonds is 5. The summed E-state index contributed by atoms with van der Waals surface area (Å²) in [6.07, 6.45) is 3.29. The zero-order chi connectivity index (χ0) is 19.6. The average molecular weight is 457 g/mol. The second kappa shape index (κ2) is 7.53. The van der Waals surface area contributed by atoms with E-state index in [1.165, 1.54) is 12.1 Å². The van der Waals surface area contributed by atoms with Gasteiger partial charge in [-0.25, -0.2) is 8.42 Å². The fourth-order valence-corrected chi connectivity index (χ4v) is 3.93. The maximum Gasteiger partial charge on any atom is 0.261 e. The second-order valence-corrected chi connectivity index (χ2v) is 8.41. The van der Waals surface area contributed by atoms with Gasteiger partial charge in [0.05, 0.1) is 10.5 Å². The summed E-state index contributed by atoms with van der Waals surface area (Å²) in [4.78, 5) is 8.64. The number of pyridine rings is 1. The van der Waals surface area contributed by atoms with E-state index in [-0.39, 0.29) is 4.90 Å². The molecule has 28 heavy (non-hydrogen) atoms. The minimum Gasteiger partial charge on any atom is -0.334 e. The van der Waals surface area contributed by atoms with Crippen molar-refractivity contribution in [2.24, 2.45) is 0 Å². The fraction of sp³-hybridized carbons (Fsp3) is 0. The van der Waals surface area contributed by atoms with Crippen LogP contribution in [-0.4, -0.2) is 23.5 Å². The Labute approximate surface area is 169 Å². The van der Waals surface area contributed by atoms with E-state index in [2.05, 4.69) is 35.8 Å². The Balaban J connectivity index is 1.54. The van der Waals surface area contributed by atoms with Crippen molar-refractivity contribution in [1.82, 2.24) is 15.1 Å². The summed E-state index contributed by atoms with van der Waals surface area (Å²) in [5.74, 6) is 0.741. The van der Waals surface area contributed by atoms with Crippen LogP contribution < -0.4 is 4.72 Å². The molecule has 9 heteroatoms. The van der Waals surface area contributed by atoms with Gasteiger partial charge in [-0.2, -0.15) is 4.98 Å². The number of nitrogens with one attached hydrogen (secondary N) is 1. The van der Waals surface area contributed by atoms with Crippen LogP contribution in [0.15, 0.2) is 86.9 Å². The van der Waals surface area contributed by atoms with E-state index in [4.69, 9.17) is 4.52 Å². The lowest BCUT2D eigenvalue weighted by atomic mass is 10.2. The van der Waals surface area contributed by atoms with Crippen molar-refractivity contribution in [3.05, 3.63) is 77.5 Å². The van der Waals surface area contributed by atoms with Crippen LogP contribution in [0.1, 0.15) is 0 Å². The lowest BCUT2D eigenvalue weighted by Crippen LogP contribution is -2.12. The van der Waals surface area contributed by atoms with Gasteiger partial charge in [-0.05, 0) is 58.4 Å². The first kappa shape index (κ1) is 18.3. The van der Waals surface area contributed by atoms with Gasteiger partial charge in [-0.15, -0.1) is 0 Å². The number of hydrogen-bond acceptors (Lipinski definition) is 6. The third-order valence-corrected chi connectivity index (χ3v) is 5.66. The van der Waals surface area contributed by atoms with Crippen LogP contribution >= 0.6 is 15.9 Å². The van der Waals surface area contributed by atoms with Crippen LogP contribution in [0.5, 0.6) is 0 Å². The molecule has 2 aromatic heterocycles. The van der Waals surface area contributed by atoms with E-state index >= 15 is 0 Å². The number of sulfonamides is 1. The first-order valence-electron chi connectivity index (χ1n) is 8.14. The van der Waals surface area contributed by atoms with Gasteiger partial charge in [-0.3, -0.25) is 9.71 Å². The predicted molar refractivity (Wildman–Crippen MR) is 108 cm³/mol. The van der Waals surface area contributed by atoms with E-state index < -0.39 is 10.0 Å². The smallest absolute Gasteiger partial charge is 0.261 e. The molecule has 0 radical (unpaired) electrons. The van der Waals surface area contributed by atoms with Gasteiger partial charge in [-0.1, -0.05) is 23.4 Å². The quantitative estimate of drug-likeness (QED) is 0.478. The molecule has 0 saturated heterocycles. The number of aromatic nitrogens is 3. The zero-order valence-corrected chi connectivity index (χ0v) is 16.7. The summed E-state index contributed by atoms with van der Waals surface area (Å²) in [5.41, 5.74) is 1.83. The molecule has 2 aromatic carbocycles. The van der Waals surface area contributed by atoms with Crippen molar-refractivity contribution in [2.45, 2.75) is 4.90 Å². The molecular weight excluding hydrogens is 444 g/mol. The summed E-state index contributed by atoms with van der Waals surface area (Å²) in [6, 6.07) is 16.7. The van der Waals surface area contributed by atoms with Gasteiger partial charge in [0.15, 0.2) is 0 Å².